The number of rotatable bonds is 4. The quantitative estimate of drug-likeness (QED) is 0.857. The highest BCUT2D eigenvalue weighted by Crippen LogP contribution is 2.22. The highest BCUT2D eigenvalue weighted by atomic mass is 16.5. The maximum absolute atomic E-state index is 5.67. The maximum atomic E-state index is 5.67. The minimum Gasteiger partial charge on any atom is -0.367 e. The first kappa shape index (κ1) is 13.5. The lowest BCUT2D eigenvalue weighted by molar-refractivity contribution is -0.0264. The molecule has 2 rings (SSSR count). The summed E-state index contributed by atoms with van der Waals surface area (Å²) in [7, 11) is 4.00. The van der Waals surface area contributed by atoms with E-state index in [9.17, 15) is 0 Å². The first-order valence-corrected chi connectivity index (χ1v) is 6.42. The zero-order valence-corrected chi connectivity index (χ0v) is 11.5. The molecule has 0 radical (unpaired) electrons. The Labute approximate surface area is 108 Å². The molecule has 1 N–H and O–H groups in total. The van der Waals surface area contributed by atoms with E-state index in [0.29, 0.717) is 24.4 Å². The molecule has 1 aromatic rings. The Balaban J connectivity index is 2.05. The topological polar surface area (TPSA) is 63.4 Å². The van der Waals surface area contributed by atoms with Crippen molar-refractivity contribution in [3.63, 3.8) is 0 Å². The van der Waals surface area contributed by atoms with Crippen LogP contribution in [0, 0.1) is 0 Å². The Hall–Kier alpha value is -0.980. The van der Waals surface area contributed by atoms with Gasteiger partial charge in [0, 0.05) is 19.1 Å². The Bertz CT molecular complexity index is 382. The number of nitrogens with zero attached hydrogens (tertiary/aromatic N) is 3. The first-order valence-electron chi connectivity index (χ1n) is 6.42. The second-order valence-corrected chi connectivity index (χ2v) is 4.98. The van der Waals surface area contributed by atoms with Gasteiger partial charge in [0.1, 0.15) is 6.10 Å². The van der Waals surface area contributed by atoms with Crippen molar-refractivity contribution in [1.82, 2.24) is 20.4 Å². The smallest absolute Gasteiger partial charge is 0.231 e. The van der Waals surface area contributed by atoms with Crippen LogP contribution in [0.25, 0.3) is 0 Å². The fraction of sp³-hybridized carbons (Fsp3) is 0.833. The Morgan fingerprint density at radius 1 is 1.44 bits per heavy atom. The Kier molecular flexibility index (Phi) is 4.31. The summed E-state index contributed by atoms with van der Waals surface area (Å²) in [6.07, 6.45) is -0.0710. The number of hydrogen-bond acceptors (Lipinski definition) is 6. The van der Waals surface area contributed by atoms with Crippen LogP contribution in [-0.2, 0) is 4.74 Å². The van der Waals surface area contributed by atoms with Crippen molar-refractivity contribution >= 4 is 0 Å². The van der Waals surface area contributed by atoms with Crippen molar-refractivity contribution in [3.8, 4) is 0 Å². The highest BCUT2D eigenvalue weighted by Gasteiger charge is 2.26. The number of nitrogens with one attached hydrogen (secondary N) is 1. The van der Waals surface area contributed by atoms with E-state index >= 15 is 0 Å². The monoisotopic (exact) mass is 254 g/mol. The standard InChI is InChI=1S/C12H22N4O2/c1-8(9(2)13-3)12-14-11(15-18-12)10-7-16(4)5-6-17-10/h8-10,13H,5-7H2,1-4H3. The SMILES string of the molecule is CNC(C)C(C)c1nc(C2CN(C)CCO2)no1. The van der Waals surface area contributed by atoms with Gasteiger partial charge in [0.05, 0.1) is 12.5 Å². The van der Waals surface area contributed by atoms with Gasteiger partial charge >= 0.3 is 0 Å². The van der Waals surface area contributed by atoms with Crippen LogP contribution in [0.1, 0.15) is 37.6 Å². The van der Waals surface area contributed by atoms with Crippen LogP contribution in [0.15, 0.2) is 4.52 Å². The number of aromatic nitrogens is 2. The van der Waals surface area contributed by atoms with Crippen LogP contribution in [0.2, 0.25) is 0 Å². The third-order valence-corrected chi connectivity index (χ3v) is 3.61. The van der Waals surface area contributed by atoms with E-state index in [0.717, 1.165) is 13.1 Å². The van der Waals surface area contributed by atoms with E-state index in [4.69, 9.17) is 9.26 Å². The molecule has 1 fully saturated rings. The number of morpholine rings is 1. The number of likely N-dealkylation sites (N-methyl/N-ethyl adjacent to an activating group) is 2. The molecule has 1 aliphatic rings. The molecule has 0 saturated carbocycles. The number of ether oxygens (including phenoxy) is 1. The Morgan fingerprint density at radius 3 is 2.89 bits per heavy atom. The van der Waals surface area contributed by atoms with E-state index in [-0.39, 0.29) is 12.0 Å². The largest absolute Gasteiger partial charge is 0.367 e. The fourth-order valence-corrected chi connectivity index (χ4v) is 1.96. The first-order chi connectivity index (χ1) is 8.61. The zero-order chi connectivity index (χ0) is 13.1. The summed E-state index contributed by atoms with van der Waals surface area (Å²) >= 11 is 0. The van der Waals surface area contributed by atoms with Gasteiger partial charge in [0.25, 0.3) is 0 Å². The molecule has 0 aliphatic carbocycles. The highest BCUT2D eigenvalue weighted by molar-refractivity contribution is 4.99. The van der Waals surface area contributed by atoms with Crippen molar-refractivity contribution < 1.29 is 9.26 Å². The third-order valence-electron chi connectivity index (χ3n) is 3.61. The molecule has 18 heavy (non-hydrogen) atoms. The van der Waals surface area contributed by atoms with E-state index in [1.165, 1.54) is 0 Å². The minimum absolute atomic E-state index is 0.0710. The van der Waals surface area contributed by atoms with Crippen LogP contribution < -0.4 is 5.32 Å². The molecule has 0 amide bonds. The second kappa shape index (κ2) is 5.77. The van der Waals surface area contributed by atoms with Gasteiger partial charge in [0.15, 0.2) is 0 Å². The minimum atomic E-state index is -0.0710. The van der Waals surface area contributed by atoms with Gasteiger partial charge in [-0.1, -0.05) is 12.1 Å². The second-order valence-electron chi connectivity index (χ2n) is 4.98. The van der Waals surface area contributed by atoms with Gasteiger partial charge in [0.2, 0.25) is 11.7 Å². The van der Waals surface area contributed by atoms with E-state index in [1.807, 2.05) is 7.05 Å². The van der Waals surface area contributed by atoms with Crippen LogP contribution in [0.4, 0.5) is 0 Å². The number of hydrogen-bond donors (Lipinski definition) is 1. The summed E-state index contributed by atoms with van der Waals surface area (Å²) in [5, 5.41) is 7.24. The summed E-state index contributed by atoms with van der Waals surface area (Å²) in [4.78, 5) is 6.68. The van der Waals surface area contributed by atoms with Gasteiger partial charge in [-0.2, -0.15) is 4.98 Å². The molecular formula is C12H22N4O2. The summed E-state index contributed by atoms with van der Waals surface area (Å²) in [6, 6.07) is 0.299. The Morgan fingerprint density at radius 2 is 2.22 bits per heavy atom. The van der Waals surface area contributed by atoms with Gasteiger partial charge in [-0.25, -0.2) is 0 Å². The molecule has 0 spiro atoms. The lowest BCUT2D eigenvalue weighted by atomic mass is 10.0. The van der Waals surface area contributed by atoms with E-state index < -0.39 is 0 Å². The van der Waals surface area contributed by atoms with Crippen LogP contribution in [0.3, 0.4) is 0 Å². The van der Waals surface area contributed by atoms with Crippen LogP contribution in [-0.4, -0.2) is 54.9 Å². The van der Waals surface area contributed by atoms with E-state index in [1.54, 1.807) is 0 Å². The van der Waals surface area contributed by atoms with Gasteiger partial charge in [-0.3, -0.25) is 0 Å². The van der Waals surface area contributed by atoms with Crippen molar-refractivity contribution in [2.75, 3.05) is 33.8 Å². The van der Waals surface area contributed by atoms with Crippen molar-refractivity contribution in [1.29, 1.82) is 0 Å². The van der Waals surface area contributed by atoms with Crippen molar-refractivity contribution in [2.24, 2.45) is 0 Å². The fourth-order valence-electron chi connectivity index (χ4n) is 1.96. The third kappa shape index (κ3) is 2.88. The predicted molar refractivity (Wildman–Crippen MR) is 67.4 cm³/mol. The molecule has 1 saturated heterocycles. The van der Waals surface area contributed by atoms with Crippen molar-refractivity contribution in [2.45, 2.75) is 31.9 Å². The molecule has 0 bridgehead atoms. The molecule has 3 unspecified atom stereocenters. The molecule has 2 heterocycles. The molecule has 6 heteroatoms. The van der Waals surface area contributed by atoms with Crippen LogP contribution >= 0.6 is 0 Å². The maximum Gasteiger partial charge on any atom is 0.231 e. The molecular weight excluding hydrogens is 232 g/mol. The summed E-state index contributed by atoms with van der Waals surface area (Å²) in [5.74, 6) is 1.52. The molecule has 1 aliphatic heterocycles. The molecule has 6 nitrogen and oxygen atoms in total. The predicted octanol–water partition coefficient (Wildman–Crippen LogP) is 0.784. The normalized spacial score (nSPS) is 25.0. The summed E-state index contributed by atoms with van der Waals surface area (Å²) < 4.78 is 11.0. The van der Waals surface area contributed by atoms with Crippen molar-refractivity contribution in [3.05, 3.63) is 11.7 Å². The van der Waals surface area contributed by atoms with E-state index in [2.05, 4.69) is 41.3 Å². The summed E-state index contributed by atoms with van der Waals surface area (Å²) in [6.45, 7) is 6.66. The van der Waals surface area contributed by atoms with Gasteiger partial charge < -0.3 is 19.5 Å². The summed E-state index contributed by atoms with van der Waals surface area (Å²) in [5.41, 5.74) is 0. The zero-order valence-electron chi connectivity index (χ0n) is 11.5. The molecule has 102 valence electrons. The van der Waals surface area contributed by atoms with Gasteiger partial charge in [-0.05, 0) is 21.0 Å². The molecule has 3 atom stereocenters. The van der Waals surface area contributed by atoms with Crippen LogP contribution in [0.5, 0.6) is 0 Å². The molecule has 0 aromatic carbocycles. The van der Waals surface area contributed by atoms with Gasteiger partial charge in [-0.15, -0.1) is 0 Å². The molecule has 1 aromatic heterocycles. The average molecular weight is 254 g/mol. The average Bonchev–Trinajstić information content (AvgIpc) is 2.86. The lowest BCUT2D eigenvalue weighted by Crippen LogP contribution is -2.35. The lowest BCUT2D eigenvalue weighted by Gasteiger charge is -2.27.